The van der Waals surface area contributed by atoms with Crippen molar-refractivity contribution in [3.8, 4) is 5.75 Å². The van der Waals surface area contributed by atoms with Gasteiger partial charge >= 0.3 is 6.18 Å². The van der Waals surface area contributed by atoms with Gasteiger partial charge in [0.15, 0.2) is 0 Å². The Bertz CT molecular complexity index is 435. The van der Waals surface area contributed by atoms with Crippen LogP contribution in [0.5, 0.6) is 5.75 Å². The SMILES string of the molecule is CC(C)Oc1cnc(C(=N)N)cc1C(F)(F)F.Cl. The highest BCUT2D eigenvalue weighted by atomic mass is 35.5. The number of alkyl halides is 3. The van der Waals surface area contributed by atoms with Gasteiger partial charge in [-0.2, -0.15) is 13.2 Å². The molecule has 0 aliphatic carbocycles. The minimum atomic E-state index is -4.57. The molecule has 3 N–H and O–H groups in total. The molecule has 0 amide bonds. The van der Waals surface area contributed by atoms with E-state index in [4.69, 9.17) is 15.9 Å². The number of hydrogen-bond acceptors (Lipinski definition) is 3. The van der Waals surface area contributed by atoms with Crippen LogP contribution in [0.3, 0.4) is 0 Å². The van der Waals surface area contributed by atoms with E-state index in [1.807, 2.05) is 0 Å². The van der Waals surface area contributed by atoms with Gasteiger partial charge in [-0.3, -0.25) is 5.41 Å². The van der Waals surface area contributed by atoms with Crippen molar-refractivity contribution >= 4 is 18.2 Å². The molecule has 18 heavy (non-hydrogen) atoms. The number of ether oxygens (including phenoxy) is 1. The number of nitrogen functional groups attached to an aromatic ring is 1. The van der Waals surface area contributed by atoms with Gasteiger partial charge in [0.2, 0.25) is 0 Å². The highest BCUT2D eigenvalue weighted by molar-refractivity contribution is 5.93. The lowest BCUT2D eigenvalue weighted by molar-refractivity contribution is -0.139. The molecule has 0 saturated heterocycles. The van der Waals surface area contributed by atoms with Crippen LogP contribution in [0.25, 0.3) is 0 Å². The molecule has 0 bridgehead atoms. The first-order valence-corrected chi connectivity index (χ1v) is 4.80. The molecule has 0 atom stereocenters. The predicted molar refractivity (Wildman–Crippen MR) is 63.3 cm³/mol. The number of rotatable bonds is 3. The van der Waals surface area contributed by atoms with Gasteiger partial charge in [0.05, 0.1) is 12.3 Å². The quantitative estimate of drug-likeness (QED) is 0.661. The Hall–Kier alpha value is -1.50. The number of aromatic nitrogens is 1. The Morgan fingerprint density at radius 2 is 2.00 bits per heavy atom. The Labute approximate surface area is 108 Å². The van der Waals surface area contributed by atoms with Crippen LogP contribution in [0, 0.1) is 5.41 Å². The molecular formula is C10H13ClF3N3O. The molecule has 1 rings (SSSR count). The minimum Gasteiger partial charge on any atom is -0.489 e. The summed E-state index contributed by atoms with van der Waals surface area (Å²) < 4.78 is 43.2. The van der Waals surface area contributed by atoms with Crippen LogP contribution >= 0.6 is 12.4 Å². The fourth-order valence-corrected chi connectivity index (χ4v) is 1.16. The van der Waals surface area contributed by atoms with E-state index in [1.165, 1.54) is 0 Å². The Morgan fingerprint density at radius 3 is 2.39 bits per heavy atom. The summed E-state index contributed by atoms with van der Waals surface area (Å²) in [4.78, 5) is 3.63. The van der Waals surface area contributed by atoms with E-state index >= 15 is 0 Å². The van der Waals surface area contributed by atoms with Crippen LogP contribution < -0.4 is 10.5 Å². The number of pyridine rings is 1. The zero-order chi connectivity index (χ0) is 13.2. The molecule has 0 fully saturated rings. The standard InChI is InChI=1S/C10H12F3N3O.ClH/c1-5(2)17-8-4-16-7(9(14)15)3-6(8)10(11,12)13;/h3-5H,1-2H3,(H3,14,15);1H. The van der Waals surface area contributed by atoms with E-state index in [0.29, 0.717) is 6.07 Å². The zero-order valence-corrected chi connectivity index (χ0v) is 10.5. The number of amidine groups is 1. The van der Waals surface area contributed by atoms with Crippen molar-refractivity contribution in [2.45, 2.75) is 26.1 Å². The smallest absolute Gasteiger partial charge is 0.420 e. The zero-order valence-electron chi connectivity index (χ0n) is 9.71. The third-order valence-corrected chi connectivity index (χ3v) is 1.81. The van der Waals surface area contributed by atoms with Crippen molar-refractivity contribution in [2.24, 2.45) is 5.73 Å². The summed E-state index contributed by atoms with van der Waals surface area (Å²) >= 11 is 0. The monoisotopic (exact) mass is 283 g/mol. The van der Waals surface area contributed by atoms with Crippen LogP contribution in [-0.2, 0) is 6.18 Å². The van der Waals surface area contributed by atoms with E-state index in [2.05, 4.69) is 4.98 Å². The Morgan fingerprint density at radius 1 is 1.44 bits per heavy atom. The second-order valence-electron chi connectivity index (χ2n) is 3.64. The van der Waals surface area contributed by atoms with Crippen molar-refractivity contribution in [3.05, 3.63) is 23.5 Å². The fourth-order valence-electron chi connectivity index (χ4n) is 1.16. The first-order chi connectivity index (χ1) is 7.71. The molecule has 0 unspecified atom stereocenters. The maximum Gasteiger partial charge on any atom is 0.420 e. The van der Waals surface area contributed by atoms with Crippen LogP contribution in [0.2, 0.25) is 0 Å². The third kappa shape index (κ3) is 4.06. The molecule has 1 aromatic rings. The molecule has 0 radical (unpaired) electrons. The second kappa shape index (κ2) is 5.90. The molecule has 102 valence electrons. The highest BCUT2D eigenvalue weighted by Crippen LogP contribution is 2.36. The summed E-state index contributed by atoms with van der Waals surface area (Å²) in [5, 5.41) is 7.06. The summed E-state index contributed by atoms with van der Waals surface area (Å²) in [7, 11) is 0. The lowest BCUT2D eigenvalue weighted by atomic mass is 10.2. The Kier molecular flexibility index (Phi) is 5.41. The van der Waals surface area contributed by atoms with Crippen molar-refractivity contribution in [1.82, 2.24) is 4.98 Å². The van der Waals surface area contributed by atoms with Crippen LogP contribution in [0.15, 0.2) is 12.3 Å². The largest absolute Gasteiger partial charge is 0.489 e. The highest BCUT2D eigenvalue weighted by Gasteiger charge is 2.35. The number of nitrogens with one attached hydrogen (secondary N) is 1. The molecule has 0 saturated carbocycles. The summed E-state index contributed by atoms with van der Waals surface area (Å²) in [6, 6.07) is 0.708. The normalized spacial score (nSPS) is 11.0. The molecule has 0 aliphatic rings. The van der Waals surface area contributed by atoms with Crippen LogP contribution in [0.4, 0.5) is 13.2 Å². The lowest BCUT2D eigenvalue weighted by Gasteiger charge is -2.16. The fraction of sp³-hybridized carbons (Fsp3) is 0.400. The van der Waals surface area contributed by atoms with Gasteiger partial charge in [-0.15, -0.1) is 12.4 Å². The van der Waals surface area contributed by atoms with Gasteiger partial charge in [-0.25, -0.2) is 4.98 Å². The van der Waals surface area contributed by atoms with Gasteiger partial charge < -0.3 is 10.5 Å². The minimum absolute atomic E-state index is 0. The summed E-state index contributed by atoms with van der Waals surface area (Å²) in [6.07, 6.45) is -4.04. The molecule has 1 heterocycles. The molecule has 4 nitrogen and oxygen atoms in total. The number of halogens is 4. The topological polar surface area (TPSA) is 72.0 Å². The number of hydrogen-bond donors (Lipinski definition) is 2. The summed E-state index contributed by atoms with van der Waals surface area (Å²) in [6.45, 7) is 3.22. The second-order valence-corrected chi connectivity index (χ2v) is 3.64. The first-order valence-electron chi connectivity index (χ1n) is 4.80. The summed E-state index contributed by atoms with van der Waals surface area (Å²) in [5.41, 5.74) is 3.88. The van der Waals surface area contributed by atoms with Gasteiger partial charge in [-0.1, -0.05) is 0 Å². The van der Waals surface area contributed by atoms with Crippen molar-refractivity contribution in [3.63, 3.8) is 0 Å². The molecule has 0 spiro atoms. The molecule has 0 aliphatic heterocycles. The molecule has 8 heteroatoms. The van der Waals surface area contributed by atoms with E-state index < -0.39 is 23.7 Å². The van der Waals surface area contributed by atoms with E-state index in [0.717, 1.165) is 6.20 Å². The maximum absolute atomic E-state index is 12.7. The molecule has 1 aromatic heterocycles. The van der Waals surface area contributed by atoms with E-state index in [-0.39, 0.29) is 23.9 Å². The number of nitrogens with zero attached hydrogens (tertiary/aromatic N) is 1. The van der Waals surface area contributed by atoms with Crippen LogP contribution in [0.1, 0.15) is 25.1 Å². The van der Waals surface area contributed by atoms with Gasteiger partial charge in [0.1, 0.15) is 22.8 Å². The number of nitrogens with two attached hydrogens (primary N) is 1. The predicted octanol–water partition coefficient (Wildman–Crippen LogP) is 2.59. The van der Waals surface area contributed by atoms with Crippen LogP contribution in [-0.4, -0.2) is 16.9 Å². The molecular weight excluding hydrogens is 271 g/mol. The van der Waals surface area contributed by atoms with Gasteiger partial charge in [0.25, 0.3) is 0 Å². The average Bonchev–Trinajstić information content (AvgIpc) is 2.15. The van der Waals surface area contributed by atoms with Gasteiger partial charge in [-0.05, 0) is 19.9 Å². The van der Waals surface area contributed by atoms with Crippen molar-refractivity contribution < 1.29 is 17.9 Å². The van der Waals surface area contributed by atoms with Gasteiger partial charge in [0, 0.05) is 0 Å². The third-order valence-electron chi connectivity index (χ3n) is 1.81. The van der Waals surface area contributed by atoms with Crippen molar-refractivity contribution in [2.75, 3.05) is 0 Å². The maximum atomic E-state index is 12.7. The average molecular weight is 284 g/mol. The van der Waals surface area contributed by atoms with E-state index in [1.54, 1.807) is 13.8 Å². The summed E-state index contributed by atoms with van der Waals surface area (Å²) in [5.74, 6) is -0.885. The van der Waals surface area contributed by atoms with E-state index in [9.17, 15) is 13.2 Å². The van der Waals surface area contributed by atoms with Crippen molar-refractivity contribution in [1.29, 1.82) is 5.41 Å². The first kappa shape index (κ1) is 16.5. The molecule has 0 aromatic carbocycles. The lowest BCUT2D eigenvalue weighted by Crippen LogP contribution is -2.18. The Balaban J connectivity index is 0.00000289.